The third kappa shape index (κ3) is 1.63. The van der Waals surface area contributed by atoms with Crippen LogP contribution in [0.4, 0.5) is 5.82 Å². The molecule has 0 bridgehead atoms. The van der Waals surface area contributed by atoms with Crippen molar-refractivity contribution in [2.24, 2.45) is 0 Å². The number of fused-ring (bicyclic) bond motifs is 2. The van der Waals surface area contributed by atoms with Crippen LogP contribution in [-0.4, -0.2) is 26.4 Å². The maximum Gasteiger partial charge on any atom is 0.364 e. The topological polar surface area (TPSA) is 84.3 Å². The predicted octanol–water partition coefficient (Wildman–Crippen LogP) is 0.963. The van der Waals surface area contributed by atoms with Gasteiger partial charge in [-0.3, -0.25) is 0 Å². The van der Waals surface area contributed by atoms with Crippen LogP contribution in [-0.2, 0) is 0 Å². The second kappa shape index (κ2) is 4.09. The van der Waals surface area contributed by atoms with E-state index in [9.17, 15) is 4.79 Å². The van der Waals surface area contributed by atoms with Crippen LogP contribution < -0.4 is 15.7 Å². The van der Waals surface area contributed by atoms with Crippen LogP contribution in [0.5, 0.6) is 5.75 Å². The number of ether oxygens (including phenoxy) is 1. The molecule has 3 heterocycles. The van der Waals surface area contributed by atoms with Crippen molar-refractivity contribution in [3.05, 3.63) is 52.4 Å². The predicted molar refractivity (Wildman–Crippen MR) is 71.9 cm³/mol. The van der Waals surface area contributed by atoms with E-state index in [-0.39, 0.29) is 11.7 Å². The molecule has 4 rings (SSSR count). The summed E-state index contributed by atoms with van der Waals surface area (Å²) in [4.78, 5) is 11.5. The summed E-state index contributed by atoms with van der Waals surface area (Å²) in [6.07, 6.45) is 0. The Hall–Kier alpha value is -2.83. The van der Waals surface area contributed by atoms with Gasteiger partial charge >= 0.3 is 5.69 Å². The van der Waals surface area contributed by atoms with E-state index in [1.807, 2.05) is 24.3 Å². The number of rotatable bonds is 2. The number of H-pyrrole nitrogens is 1. The molecule has 0 amide bonds. The van der Waals surface area contributed by atoms with Crippen LogP contribution in [0.1, 0.15) is 11.6 Å². The minimum absolute atomic E-state index is 0.0266. The maximum absolute atomic E-state index is 11.5. The summed E-state index contributed by atoms with van der Waals surface area (Å²) in [7, 11) is 0. The Morgan fingerprint density at radius 3 is 3.15 bits per heavy atom. The van der Waals surface area contributed by atoms with E-state index in [4.69, 9.17) is 4.74 Å². The van der Waals surface area contributed by atoms with Crippen molar-refractivity contribution in [1.29, 1.82) is 0 Å². The molecule has 7 nitrogen and oxygen atoms in total. The number of anilines is 1. The fraction of sp³-hybridized carbons (Fsp3) is 0.154. The number of aromatic amines is 1. The standard InChI is InChI=1S/C13H11N5O2/c19-13-16-15-12-6-5-11(17-18(12)13)14-9-7-20-10-4-2-1-3-8(9)10/h1-6,9H,7H2,(H,14,17)(H,16,19). The SMILES string of the molecule is O=c1[nH]nc2ccc(NC3COc4ccccc43)nn12. The maximum atomic E-state index is 11.5. The lowest BCUT2D eigenvalue weighted by molar-refractivity contribution is 0.339. The van der Waals surface area contributed by atoms with Crippen LogP contribution in [0, 0.1) is 0 Å². The molecule has 0 aliphatic carbocycles. The van der Waals surface area contributed by atoms with E-state index in [1.54, 1.807) is 12.1 Å². The smallest absolute Gasteiger partial charge is 0.364 e. The van der Waals surface area contributed by atoms with Crippen LogP contribution in [0.25, 0.3) is 5.65 Å². The quantitative estimate of drug-likeness (QED) is 0.724. The summed E-state index contributed by atoms with van der Waals surface area (Å²) in [5, 5.41) is 13.7. The highest BCUT2D eigenvalue weighted by molar-refractivity contribution is 5.48. The summed E-state index contributed by atoms with van der Waals surface area (Å²) in [6, 6.07) is 11.4. The Kier molecular flexibility index (Phi) is 2.26. The van der Waals surface area contributed by atoms with Gasteiger partial charge in [-0.1, -0.05) is 18.2 Å². The van der Waals surface area contributed by atoms with Crippen molar-refractivity contribution >= 4 is 11.5 Å². The Balaban J connectivity index is 1.68. The van der Waals surface area contributed by atoms with Crippen LogP contribution in [0.15, 0.2) is 41.2 Å². The number of hydrogen-bond acceptors (Lipinski definition) is 5. The van der Waals surface area contributed by atoms with Crippen molar-refractivity contribution in [3.8, 4) is 5.75 Å². The molecule has 0 fully saturated rings. The summed E-state index contributed by atoms with van der Waals surface area (Å²) >= 11 is 0. The van der Waals surface area contributed by atoms with Gasteiger partial charge in [-0.2, -0.15) is 9.61 Å². The molecule has 0 spiro atoms. The van der Waals surface area contributed by atoms with Gasteiger partial charge in [-0.25, -0.2) is 9.89 Å². The number of nitrogens with one attached hydrogen (secondary N) is 2. The van der Waals surface area contributed by atoms with Gasteiger partial charge in [0.25, 0.3) is 0 Å². The minimum Gasteiger partial charge on any atom is -0.491 e. The number of hydrogen-bond donors (Lipinski definition) is 2. The first-order valence-corrected chi connectivity index (χ1v) is 6.24. The highest BCUT2D eigenvalue weighted by atomic mass is 16.5. The molecule has 0 radical (unpaired) electrons. The first-order valence-electron chi connectivity index (χ1n) is 6.24. The molecule has 3 aromatic rings. The largest absolute Gasteiger partial charge is 0.491 e. The molecule has 100 valence electrons. The summed E-state index contributed by atoms with van der Waals surface area (Å²) in [5.74, 6) is 1.48. The fourth-order valence-electron chi connectivity index (χ4n) is 2.34. The van der Waals surface area contributed by atoms with Gasteiger partial charge in [0.1, 0.15) is 18.2 Å². The fourth-order valence-corrected chi connectivity index (χ4v) is 2.34. The Morgan fingerprint density at radius 1 is 1.30 bits per heavy atom. The molecular formula is C13H11N5O2. The lowest BCUT2D eigenvalue weighted by Crippen LogP contribution is -2.17. The third-order valence-electron chi connectivity index (χ3n) is 3.30. The average molecular weight is 269 g/mol. The molecule has 0 saturated carbocycles. The molecule has 1 aliphatic heterocycles. The van der Waals surface area contributed by atoms with Gasteiger partial charge in [0.05, 0.1) is 6.04 Å². The zero-order valence-corrected chi connectivity index (χ0v) is 10.4. The first kappa shape index (κ1) is 11.0. The van der Waals surface area contributed by atoms with Crippen molar-refractivity contribution in [2.75, 3.05) is 11.9 Å². The van der Waals surface area contributed by atoms with Gasteiger partial charge in [0.2, 0.25) is 0 Å². The van der Waals surface area contributed by atoms with Crippen molar-refractivity contribution in [1.82, 2.24) is 19.8 Å². The van der Waals surface area contributed by atoms with Gasteiger partial charge in [-0.15, -0.1) is 5.10 Å². The second-order valence-corrected chi connectivity index (χ2v) is 4.56. The highest BCUT2D eigenvalue weighted by Gasteiger charge is 2.23. The summed E-state index contributed by atoms with van der Waals surface area (Å²) < 4.78 is 6.83. The molecule has 20 heavy (non-hydrogen) atoms. The monoisotopic (exact) mass is 269 g/mol. The molecular weight excluding hydrogens is 258 g/mol. The van der Waals surface area contributed by atoms with E-state index in [0.29, 0.717) is 18.1 Å². The van der Waals surface area contributed by atoms with Gasteiger partial charge in [0, 0.05) is 5.56 Å². The zero-order valence-electron chi connectivity index (χ0n) is 10.4. The molecule has 1 unspecified atom stereocenters. The van der Waals surface area contributed by atoms with Gasteiger partial charge in [-0.05, 0) is 18.2 Å². The summed E-state index contributed by atoms with van der Waals surface area (Å²) in [5.41, 5.74) is 1.23. The van der Waals surface area contributed by atoms with E-state index >= 15 is 0 Å². The van der Waals surface area contributed by atoms with E-state index in [0.717, 1.165) is 11.3 Å². The van der Waals surface area contributed by atoms with Gasteiger partial charge < -0.3 is 10.1 Å². The third-order valence-corrected chi connectivity index (χ3v) is 3.30. The molecule has 1 aliphatic rings. The first-order chi connectivity index (χ1) is 9.81. The molecule has 7 heteroatoms. The van der Waals surface area contributed by atoms with E-state index in [2.05, 4.69) is 20.6 Å². The van der Waals surface area contributed by atoms with Crippen LogP contribution >= 0.6 is 0 Å². The highest BCUT2D eigenvalue weighted by Crippen LogP contribution is 2.33. The molecule has 0 saturated heterocycles. The van der Waals surface area contributed by atoms with Crippen molar-refractivity contribution in [3.63, 3.8) is 0 Å². The van der Waals surface area contributed by atoms with Crippen LogP contribution in [0.2, 0.25) is 0 Å². The number of aromatic nitrogens is 4. The Bertz CT molecular complexity index is 838. The van der Waals surface area contributed by atoms with E-state index < -0.39 is 0 Å². The lowest BCUT2D eigenvalue weighted by Gasteiger charge is -2.11. The number of para-hydroxylation sites is 1. The second-order valence-electron chi connectivity index (χ2n) is 4.56. The minimum atomic E-state index is -0.355. The lowest BCUT2D eigenvalue weighted by atomic mass is 10.1. The normalized spacial score (nSPS) is 16.9. The molecule has 2 N–H and O–H groups in total. The van der Waals surface area contributed by atoms with Crippen molar-refractivity contribution in [2.45, 2.75) is 6.04 Å². The molecule has 1 atom stereocenters. The van der Waals surface area contributed by atoms with Crippen molar-refractivity contribution < 1.29 is 4.74 Å². The van der Waals surface area contributed by atoms with Crippen LogP contribution in [0.3, 0.4) is 0 Å². The van der Waals surface area contributed by atoms with Gasteiger partial charge in [0.15, 0.2) is 5.65 Å². The van der Waals surface area contributed by atoms with E-state index in [1.165, 1.54) is 4.52 Å². The molecule has 1 aromatic carbocycles. The molecule has 2 aromatic heterocycles. The Labute approximate surface area is 113 Å². The zero-order chi connectivity index (χ0) is 13.5. The average Bonchev–Trinajstić information content (AvgIpc) is 3.05. The number of nitrogens with zero attached hydrogens (tertiary/aromatic N) is 3. The Morgan fingerprint density at radius 2 is 2.20 bits per heavy atom. The summed E-state index contributed by atoms with van der Waals surface area (Å²) in [6.45, 7) is 0.541. The number of benzene rings is 1.